The first-order valence-corrected chi connectivity index (χ1v) is 6.00. The Morgan fingerprint density at radius 2 is 1.89 bits per heavy atom. The largest absolute Gasteiger partial charge is 0.368 e. The van der Waals surface area contributed by atoms with Gasteiger partial charge in [0.15, 0.2) is 6.29 Å². The molecule has 5 nitrogen and oxygen atoms in total. The number of hydrogen-bond donors (Lipinski definition) is 1. The summed E-state index contributed by atoms with van der Waals surface area (Å²) in [6.45, 7) is 1.45. The molecule has 0 radical (unpaired) electrons. The number of carbonyl (C=O) groups excluding carboxylic acids is 2. The molecular weight excluding hydrogens is 289 g/mol. The maximum absolute atomic E-state index is 11.7. The number of nitrogens with two attached hydrogens (primary N) is 1. The van der Waals surface area contributed by atoms with Gasteiger partial charge in [-0.1, -0.05) is 29.3 Å². The smallest absolute Gasteiger partial charge is 0.253 e. The van der Waals surface area contributed by atoms with Crippen molar-refractivity contribution in [3.8, 4) is 0 Å². The molecule has 1 aromatic carbocycles. The Hall–Kier alpha value is -1.72. The second-order valence-corrected chi connectivity index (χ2v) is 4.43. The van der Waals surface area contributed by atoms with Crippen LogP contribution < -0.4 is 5.73 Å². The molecule has 0 bridgehead atoms. The zero-order valence-electron chi connectivity index (χ0n) is 10.1. The predicted molar refractivity (Wildman–Crippen MR) is 76.0 cm³/mol. The van der Waals surface area contributed by atoms with Crippen molar-refractivity contribution in [1.82, 2.24) is 0 Å². The summed E-state index contributed by atoms with van der Waals surface area (Å²) in [5.74, 6) is -0.826. The third-order valence-electron chi connectivity index (χ3n) is 2.09. The van der Waals surface area contributed by atoms with Crippen LogP contribution in [0.1, 0.15) is 12.5 Å². The third-order valence-corrected chi connectivity index (χ3v) is 2.80. The molecule has 0 aliphatic carbocycles. The number of rotatable bonds is 3. The lowest BCUT2D eigenvalue weighted by atomic mass is 10.1. The molecule has 1 rings (SSSR count). The van der Waals surface area contributed by atoms with Crippen molar-refractivity contribution in [2.45, 2.75) is 13.3 Å². The van der Waals surface area contributed by atoms with Crippen molar-refractivity contribution in [3.63, 3.8) is 0 Å². The molecule has 2 N–H and O–H groups in total. The van der Waals surface area contributed by atoms with Crippen LogP contribution in [0.15, 0.2) is 28.2 Å². The molecule has 19 heavy (non-hydrogen) atoms. The minimum atomic E-state index is -0.546. The van der Waals surface area contributed by atoms with Gasteiger partial charge in [-0.15, -0.1) is 0 Å². The van der Waals surface area contributed by atoms with Crippen LogP contribution in [0, 0.1) is 0 Å². The van der Waals surface area contributed by atoms with E-state index >= 15 is 0 Å². The number of amides is 1. The van der Waals surface area contributed by atoms with Gasteiger partial charge in [-0.3, -0.25) is 9.59 Å². The first-order chi connectivity index (χ1) is 8.93. The molecule has 0 heterocycles. The molecule has 0 saturated carbocycles. The molecule has 1 amide bonds. The average Bonchev–Trinajstić information content (AvgIpc) is 2.33. The van der Waals surface area contributed by atoms with Crippen molar-refractivity contribution in [1.29, 1.82) is 0 Å². The lowest BCUT2D eigenvalue weighted by Crippen LogP contribution is -2.15. The fraction of sp³-hybridized carbons (Fsp3) is 0.167. The van der Waals surface area contributed by atoms with E-state index in [4.69, 9.17) is 28.9 Å². The van der Waals surface area contributed by atoms with Gasteiger partial charge in [-0.05, 0) is 24.6 Å². The molecule has 7 heteroatoms. The van der Waals surface area contributed by atoms with Gasteiger partial charge in [0.1, 0.15) is 0 Å². The van der Waals surface area contributed by atoms with Gasteiger partial charge in [0, 0.05) is 10.0 Å². The Morgan fingerprint density at radius 3 is 2.42 bits per heavy atom. The number of nitrogens with zero attached hydrogens (tertiary/aromatic N) is 2. The molecule has 0 atom stereocenters. The third kappa shape index (κ3) is 4.81. The molecule has 0 aromatic heterocycles. The quantitative estimate of drug-likeness (QED) is 0.526. The van der Waals surface area contributed by atoms with E-state index in [1.807, 2.05) is 0 Å². The number of benzene rings is 1. The summed E-state index contributed by atoms with van der Waals surface area (Å²) in [6.07, 6.45) is 0.423. The van der Waals surface area contributed by atoms with Gasteiger partial charge in [0.05, 0.1) is 12.1 Å². The minimum Gasteiger partial charge on any atom is -0.368 e. The fourth-order valence-corrected chi connectivity index (χ4v) is 1.78. The number of carbonyl (C=O) groups is 2. The van der Waals surface area contributed by atoms with Gasteiger partial charge in [0.2, 0.25) is 5.96 Å². The molecule has 0 unspecified atom stereocenters. The van der Waals surface area contributed by atoms with Crippen molar-refractivity contribution in [2.75, 3.05) is 0 Å². The van der Waals surface area contributed by atoms with E-state index in [1.54, 1.807) is 18.2 Å². The van der Waals surface area contributed by atoms with Crippen LogP contribution in [0.4, 0.5) is 0 Å². The van der Waals surface area contributed by atoms with Crippen molar-refractivity contribution < 1.29 is 9.59 Å². The Balaban J connectivity index is 2.87. The van der Waals surface area contributed by atoms with E-state index in [2.05, 4.69) is 9.98 Å². The molecule has 0 spiro atoms. The highest BCUT2D eigenvalue weighted by Gasteiger charge is 2.10. The lowest BCUT2D eigenvalue weighted by molar-refractivity contribution is -0.117. The van der Waals surface area contributed by atoms with Gasteiger partial charge in [0.25, 0.3) is 5.91 Å². The summed E-state index contributed by atoms with van der Waals surface area (Å²) in [4.78, 5) is 29.1. The highest BCUT2D eigenvalue weighted by molar-refractivity contribution is 6.36. The second kappa shape index (κ2) is 7.01. The molecule has 0 aliphatic heterocycles. The Bertz CT molecular complexity index is 548. The molecule has 0 saturated heterocycles. The summed E-state index contributed by atoms with van der Waals surface area (Å²) in [6, 6.07) is 4.92. The number of aldehydes is 1. The van der Waals surface area contributed by atoms with E-state index in [9.17, 15) is 9.59 Å². The van der Waals surface area contributed by atoms with Crippen LogP contribution in [0.2, 0.25) is 10.0 Å². The molecule has 1 aromatic rings. The topological polar surface area (TPSA) is 84.9 Å². The van der Waals surface area contributed by atoms with Crippen molar-refractivity contribution in [2.24, 2.45) is 15.7 Å². The minimum absolute atomic E-state index is 0.0884. The summed E-state index contributed by atoms with van der Waals surface area (Å²) in [5.41, 5.74) is 6.00. The van der Waals surface area contributed by atoms with Gasteiger partial charge < -0.3 is 5.73 Å². The second-order valence-electron chi connectivity index (χ2n) is 3.61. The fourth-order valence-electron chi connectivity index (χ4n) is 1.25. The van der Waals surface area contributed by atoms with E-state index in [-0.39, 0.29) is 18.1 Å². The SMILES string of the molecule is C/C(C=O)=N\C(N)=NC(=O)Cc1c(Cl)cccc1Cl. The lowest BCUT2D eigenvalue weighted by Gasteiger charge is -2.03. The normalized spacial score (nSPS) is 12.4. The first-order valence-electron chi connectivity index (χ1n) is 5.24. The standard InChI is InChI=1S/C12H11Cl2N3O2/c1-7(6-18)16-12(15)17-11(19)5-8-9(13)3-2-4-10(8)14/h2-4,6H,5H2,1H3,(H2,15,17,19)/b16-7+. The highest BCUT2D eigenvalue weighted by atomic mass is 35.5. The van der Waals surface area contributed by atoms with Crippen LogP contribution in [0.25, 0.3) is 0 Å². The number of aliphatic imine (C=N–C) groups is 2. The van der Waals surface area contributed by atoms with E-state index < -0.39 is 5.91 Å². The molecule has 0 aliphatic rings. The highest BCUT2D eigenvalue weighted by Crippen LogP contribution is 2.24. The Labute approximate surface area is 120 Å². The zero-order valence-corrected chi connectivity index (χ0v) is 11.6. The van der Waals surface area contributed by atoms with Crippen LogP contribution in [-0.2, 0) is 16.0 Å². The maximum atomic E-state index is 11.7. The van der Waals surface area contributed by atoms with E-state index in [1.165, 1.54) is 6.92 Å². The van der Waals surface area contributed by atoms with Crippen LogP contribution in [0.5, 0.6) is 0 Å². The van der Waals surface area contributed by atoms with Crippen LogP contribution in [0.3, 0.4) is 0 Å². The van der Waals surface area contributed by atoms with Crippen LogP contribution >= 0.6 is 23.2 Å². The van der Waals surface area contributed by atoms with E-state index in [0.717, 1.165) is 0 Å². The monoisotopic (exact) mass is 299 g/mol. The Morgan fingerprint density at radius 1 is 1.32 bits per heavy atom. The van der Waals surface area contributed by atoms with E-state index in [0.29, 0.717) is 21.9 Å². The van der Waals surface area contributed by atoms with Gasteiger partial charge in [-0.2, -0.15) is 4.99 Å². The average molecular weight is 300 g/mol. The summed E-state index contributed by atoms with van der Waals surface area (Å²) in [5, 5.41) is 0.754. The predicted octanol–water partition coefficient (Wildman–Crippen LogP) is 2.04. The number of guanidine groups is 1. The maximum Gasteiger partial charge on any atom is 0.253 e. The number of hydrogen-bond acceptors (Lipinski definition) is 2. The first kappa shape index (κ1) is 15.3. The Kier molecular flexibility index (Phi) is 5.66. The van der Waals surface area contributed by atoms with Crippen LogP contribution in [-0.4, -0.2) is 23.9 Å². The van der Waals surface area contributed by atoms with Gasteiger partial charge in [-0.25, -0.2) is 4.99 Å². The zero-order chi connectivity index (χ0) is 14.4. The summed E-state index contributed by atoms with van der Waals surface area (Å²) >= 11 is 11.9. The molecular formula is C12H11Cl2N3O2. The summed E-state index contributed by atoms with van der Waals surface area (Å²) in [7, 11) is 0. The van der Waals surface area contributed by atoms with Crippen molar-refractivity contribution in [3.05, 3.63) is 33.8 Å². The number of halogens is 2. The van der Waals surface area contributed by atoms with Crippen molar-refractivity contribution >= 4 is 47.1 Å². The summed E-state index contributed by atoms with van der Waals surface area (Å²) < 4.78 is 0. The van der Waals surface area contributed by atoms with Gasteiger partial charge >= 0.3 is 0 Å². The molecule has 100 valence electrons. The molecule has 0 fully saturated rings.